The van der Waals surface area contributed by atoms with Crippen LogP contribution in [0.5, 0.6) is 5.75 Å². The zero-order chi connectivity index (χ0) is 11.9. The van der Waals surface area contributed by atoms with Gasteiger partial charge in [0.15, 0.2) is 0 Å². The highest BCUT2D eigenvalue weighted by molar-refractivity contribution is 6.32. The Balaban J connectivity index is 0.000000583. The van der Waals surface area contributed by atoms with E-state index in [1.807, 2.05) is 0 Å². The maximum Gasteiger partial charge on any atom is 0.573 e. The monoisotopic (exact) mass is 239 g/mol. The molecule has 3 nitrogen and oxygen atoms in total. The molecule has 0 atom stereocenters. The Bertz CT molecular complexity index is 348. The fourth-order valence-electron chi connectivity index (χ4n) is 0.652. The van der Waals surface area contributed by atoms with Crippen LogP contribution in [0, 0.1) is 5.41 Å². The molecular weight excluding hydrogens is 235 g/mol. The van der Waals surface area contributed by atoms with Gasteiger partial charge in [0, 0.05) is 0 Å². The Labute approximate surface area is 87.9 Å². The second-order valence-electron chi connectivity index (χ2n) is 2.08. The summed E-state index contributed by atoms with van der Waals surface area (Å²) < 4.78 is 38.5. The molecule has 1 aromatic carbocycles. The predicted octanol–water partition coefficient (Wildman–Crippen LogP) is 3.14. The van der Waals surface area contributed by atoms with Crippen LogP contribution in [0.2, 0.25) is 5.02 Å². The molecule has 0 spiro atoms. The van der Waals surface area contributed by atoms with Crippen molar-refractivity contribution >= 4 is 17.7 Å². The summed E-state index contributed by atoms with van der Waals surface area (Å²) >= 11 is 5.41. The van der Waals surface area contributed by atoms with Crippen LogP contribution in [-0.4, -0.2) is 12.4 Å². The van der Waals surface area contributed by atoms with Gasteiger partial charge in [0.05, 0.1) is 5.02 Å². The lowest BCUT2D eigenvalue weighted by atomic mass is 10.3. The lowest BCUT2D eigenvalue weighted by Crippen LogP contribution is -2.17. The van der Waals surface area contributed by atoms with Gasteiger partial charge in [0.25, 0.3) is 0 Å². The molecule has 0 unspecified atom stereocenters. The van der Waals surface area contributed by atoms with Crippen molar-refractivity contribution in [1.29, 1.82) is 5.41 Å². The molecule has 82 valence electrons. The maximum absolute atomic E-state index is 11.6. The van der Waals surface area contributed by atoms with Crippen LogP contribution in [0.25, 0.3) is 0 Å². The number of para-hydroxylation sites is 1. The Morgan fingerprint density at radius 2 is 1.80 bits per heavy atom. The van der Waals surface area contributed by atoms with Gasteiger partial charge >= 0.3 is 6.36 Å². The summed E-state index contributed by atoms with van der Waals surface area (Å²) in [6.45, 7) is 0. The van der Waals surface area contributed by atoms with Gasteiger partial charge < -0.3 is 4.74 Å². The number of benzene rings is 1. The molecule has 0 radical (unpaired) electrons. The largest absolute Gasteiger partial charge is 0.573 e. The minimum absolute atomic E-state index is 0.0603. The molecule has 0 saturated carbocycles. The highest BCUT2D eigenvalue weighted by atomic mass is 35.5. The number of nitrogens with one attached hydrogen (secondary N) is 1. The van der Waals surface area contributed by atoms with Gasteiger partial charge in [-0.2, -0.15) is 0 Å². The summed E-state index contributed by atoms with van der Waals surface area (Å²) in [6.07, 6.45) is -3.94. The van der Waals surface area contributed by atoms with E-state index in [-0.39, 0.29) is 10.8 Å². The van der Waals surface area contributed by atoms with E-state index in [0.717, 1.165) is 12.1 Å². The summed E-state index contributed by atoms with van der Waals surface area (Å²) in [4.78, 5) is 8.35. The summed E-state index contributed by atoms with van der Waals surface area (Å²) in [7, 11) is 0. The van der Waals surface area contributed by atoms with Crippen molar-refractivity contribution in [3.05, 3.63) is 29.3 Å². The van der Waals surface area contributed by atoms with Crippen molar-refractivity contribution in [1.82, 2.24) is 0 Å². The molecule has 0 amide bonds. The molecule has 0 fully saturated rings. The van der Waals surface area contributed by atoms with Gasteiger partial charge in [-0.3, -0.25) is 0 Å². The second kappa shape index (κ2) is 6.06. The molecular formula is C8H5ClF3NO2. The number of carbonyl (C=O) groups excluding carboxylic acids is 1. The Kier molecular flexibility index (Phi) is 5.44. The smallest absolute Gasteiger partial charge is 0.404 e. The second-order valence-corrected chi connectivity index (χ2v) is 2.49. The van der Waals surface area contributed by atoms with E-state index in [4.69, 9.17) is 21.8 Å². The maximum atomic E-state index is 11.6. The van der Waals surface area contributed by atoms with Crippen molar-refractivity contribution in [3.63, 3.8) is 0 Å². The summed E-state index contributed by atoms with van der Waals surface area (Å²) in [5, 5.41) is 5.34. The fourth-order valence-corrected chi connectivity index (χ4v) is 0.826. The third kappa shape index (κ3) is 6.54. The number of ether oxygens (including phenoxy) is 1. The van der Waals surface area contributed by atoms with E-state index >= 15 is 0 Å². The number of halogens is 4. The third-order valence-corrected chi connectivity index (χ3v) is 1.37. The van der Waals surface area contributed by atoms with Crippen LogP contribution in [0.15, 0.2) is 24.3 Å². The standard InChI is InChI=1S/C7H4ClF3O.CHNO/c8-5-3-1-2-4-6(5)12-7(9,10)11;2-1-3/h1-4H;2H. The molecule has 0 bridgehead atoms. The first-order chi connectivity index (χ1) is 6.90. The van der Waals surface area contributed by atoms with Gasteiger partial charge in [-0.05, 0) is 12.1 Å². The van der Waals surface area contributed by atoms with Gasteiger partial charge in [0.2, 0.25) is 6.08 Å². The van der Waals surface area contributed by atoms with E-state index in [1.165, 1.54) is 18.2 Å². The first-order valence-corrected chi connectivity index (χ1v) is 3.82. The lowest BCUT2D eigenvalue weighted by Gasteiger charge is -2.09. The quantitative estimate of drug-likeness (QED) is 0.605. The van der Waals surface area contributed by atoms with Crippen molar-refractivity contribution in [3.8, 4) is 5.75 Å². The molecule has 0 saturated heterocycles. The molecule has 1 N–H and O–H groups in total. The molecule has 0 aliphatic heterocycles. The molecule has 1 aromatic rings. The van der Waals surface area contributed by atoms with Crippen molar-refractivity contribution in [2.75, 3.05) is 0 Å². The predicted molar refractivity (Wildman–Crippen MR) is 46.5 cm³/mol. The minimum Gasteiger partial charge on any atom is -0.404 e. The molecule has 0 heterocycles. The Hall–Kier alpha value is -1.52. The van der Waals surface area contributed by atoms with Gasteiger partial charge in [0.1, 0.15) is 5.75 Å². The van der Waals surface area contributed by atoms with Gasteiger partial charge in [-0.15, -0.1) is 13.2 Å². The van der Waals surface area contributed by atoms with Crippen molar-refractivity contribution in [2.24, 2.45) is 0 Å². The van der Waals surface area contributed by atoms with Crippen LogP contribution in [0.4, 0.5) is 13.2 Å². The normalized spacial score (nSPS) is 9.60. The highest BCUT2D eigenvalue weighted by Gasteiger charge is 2.31. The van der Waals surface area contributed by atoms with Crippen LogP contribution in [-0.2, 0) is 4.79 Å². The number of hydrogen-bond acceptors (Lipinski definition) is 3. The Morgan fingerprint density at radius 1 is 1.33 bits per heavy atom. The number of hydrogen-bond donors (Lipinski definition) is 1. The summed E-state index contributed by atoms with van der Waals surface area (Å²) in [5.41, 5.74) is 0. The van der Waals surface area contributed by atoms with Gasteiger partial charge in [-0.25, -0.2) is 10.2 Å². The number of alkyl halides is 3. The number of isocyanates is 1. The summed E-state index contributed by atoms with van der Waals surface area (Å²) in [5.74, 6) is -0.383. The first-order valence-electron chi connectivity index (χ1n) is 3.45. The zero-order valence-corrected chi connectivity index (χ0v) is 7.89. The molecule has 7 heteroatoms. The average molecular weight is 240 g/mol. The SMILES string of the molecule is FC(F)(F)Oc1ccccc1Cl.N=C=O. The molecule has 1 rings (SSSR count). The van der Waals surface area contributed by atoms with E-state index < -0.39 is 6.36 Å². The molecule has 15 heavy (non-hydrogen) atoms. The molecule has 0 aliphatic carbocycles. The van der Waals surface area contributed by atoms with Gasteiger partial charge in [-0.1, -0.05) is 23.7 Å². The van der Waals surface area contributed by atoms with Crippen LogP contribution in [0.1, 0.15) is 0 Å². The van der Waals surface area contributed by atoms with E-state index in [0.29, 0.717) is 0 Å². The number of rotatable bonds is 1. The third-order valence-electron chi connectivity index (χ3n) is 1.06. The van der Waals surface area contributed by atoms with Crippen molar-refractivity contribution in [2.45, 2.75) is 6.36 Å². The topological polar surface area (TPSA) is 50.1 Å². The van der Waals surface area contributed by atoms with Crippen LogP contribution < -0.4 is 4.74 Å². The van der Waals surface area contributed by atoms with E-state index in [1.54, 1.807) is 0 Å². The average Bonchev–Trinajstić information content (AvgIpc) is 2.08. The van der Waals surface area contributed by atoms with Crippen LogP contribution in [0.3, 0.4) is 0 Å². The Morgan fingerprint density at radius 3 is 2.20 bits per heavy atom. The fraction of sp³-hybridized carbons (Fsp3) is 0.125. The highest BCUT2D eigenvalue weighted by Crippen LogP contribution is 2.29. The van der Waals surface area contributed by atoms with Crippen LogP contribution >= 0.6 is 11.6 Å². The molecule has 0 aromatic heterocycles. The zero-order valence-electron chi connectivity index (χ0n) is 7.14. The first kappa shape index (κ1) is 13.5. The molecule has 0 aliphatic rings. The van der Waals surface area contributed by atoms with E-state index in [2.05, 4.69) is 4.74 Å². The van der Waals surface area contributed by atoms with Crippen molar-refractivity contribution < 1.29 is 22.7 Å². The minimum atomic E-state index is -4.69. The van der Waals surface area contributed by atoms with E-state index in [9.17, 15) is 13.2 Å². The lowest BCUT2D eigenvalue weighted by molar-refractivity contribution is -0.274. The summed E-state index contributed by atoms with van der Waals surface area (Å²) in [6, 6.07) is 5.40.